The molecule has 0 aliphatic rings. The van der Waals surface area contributed by atoms with Crippen LogP contribution in [0.4, 0.5) is 0 Å². The van der Waals surface area contributed by atoms with Crippen LogP contribution in [0.2, 0.25) is 0 Å². The summed E-state index contributed by atoms with van der Waals surface area (Å²) >= 11 is -10.6. The van der Waals surface area contributed by atoms with E-state index in [1.54, 1.807) is 72.8 Å². The Hall–Kier alpha value is -0.718. The van der Waals surface area contributed by atoms with Gasteiger partial charge >= 0.3 is 207 Å². The normalized spacial score (nSPS) is 11.4. The molecular formula is C20H14As2O6Th. The van der Waals surface area contributed by atoms with E-state index >= 15 is 0 Å². The zero-order valence-corrected chi connectivity index (χ0v) is 22.8. The SMILES string of the molecule is O=[As]([O-])([O-])c1cccc2ccccc12.O=[As]([O-])([O-])c1cccc2ccccc12.[Th+4]. The molecule has 0 spiro atoms. The van der Waals surface area contributed by atoms with Gasteiger partial charge in [-0.1, -0.05) is 0 Å². The van der Waals surface area contributed by atoms with Gasteiger partial charge in [-0.3, -0.25) is 0 Å². The third-order valence-electron chi connectivity index (χ3n) is 4.12. The first-order valence-electron chi connectivity index (χ1n) is 8.19. The van der Waals surface area contributed by atoms with Crippen LogP contribution in [-0.2, 0) is 7.48 Å². The van der Waals surface area contributed by atoms with Crippen molar-refractivity contribution in [2.24, 2.45) is 0 Å². The Bertz CT molecular complexity index is 1120. The predicted molar refractivity (Wildman–Crippen MR) is 100 cm³/mol. The summed E-state index contributed by atoms with van der Waals surface area (Å²) in [6.45, 7) is 0. The first-order chi connectivity index (χ1) is 13.2. The maximum Gasteiger partial charge on any atom is 4.00 e. The second-order valence-electron chi connectivity index (χ2n) is 5.99. The van der Waals surface area contributed by atoms with E-state index in [0.29, 0.717) is 10.8 Å². The molecule has 0 aliphatic carbocycles. The Labute approximate surface area is 205 Å². The van der Waals surface area contributed by atoms with Gasteiger partial charge in [-0.15, -0.1) is 0 Å². The van der Waals surface area contributed by atoms with E-state index in [9.17, 15) is 23.9 Å². The summed E-state index contributed by atoms with van der Waals surface area (Å²) in [7, 11) is 0. The van der Waals surface area contributed by atoms with Crippen molar-refractivity contribution in [3.8, 4) is 0 Å². The summed E-state index contributed by atoms with van der Waals surface area (Å²) in [5.74, 6) is 0. The minimum atomic E-state index is -5.29. The van der Waals surface area contributed by atoms with E-state index in [0.717, 1.165) is 10.8 Å². The molecule has 6 nitrogen and oxygen atoms in total. The number of rotatable bonds is 2. The topological polar surface area (TPSA) is 126 Å². The van der Waals surface area contributed by atoms with Gasteiger partial charge in [0.1, 0.15) is 0 Å². The average Bonchev–Trinajstić information content (AvgIpc) is 2.66. The summed E-state index contributed by atoms with van der Waals surface area (Å²) in [5, 5.41) is 2.58. The van der Waals surface area contributed by atoms with Crippen molar-refractivity contribution >= 4 is 58.6 Å². The fourth-order valence-corrected chi connectivity index (χ4v) is 6.11. The van der Waals surface area contributed by atoms with Crippen LogP contribution in [0.25, 0.3) is 21.5 Å². The van der Waals surface area contributed by atoms with Crippen LogP contribution in [0.3, 0.4) is 0 Å². The monoisotopic (exact) mass is 732 g/mol. The van der Waals surface area contributed by atoms with Crippen molar-refractivity contribution in [2.45, 2.75) is 0 Å². The van der Waals surface area contributed by atoms with E-state index in [1.165, 1.54) is 12.1 Å². The Morgan fingerprint density at radius 3 is 1.14 bits per heavy atom. The number of hydrogen-bond acceptors (Lipinski definition) is 6. The van der Waals surface area contributed by atoms with E-state index in [1.807, 2.05) is 0 Å². The van der Waals surface area contributed by atoms with E-state index in [4.69, 9.17) is 0 Å². The molecule has 0 saturated heterocycles. The van der Waals surface area contributed by atoms with Gasteiger partial charge in [0.05, 0.1) is 0 Å². The van der Waals surface area contributed by atoms with Crippen LogP contribution < -0.4 is 25.1 Å². The molecule has 144 valence electrons. The molecule has 0 bridgehead atoms. The third kappa shape index (κ3) is 6.14. The molecule has 0 aromatic heterocycles. The number of hydrogen-bond donors (Lipinski definition) is 0. The van der Waals surface area contributed by atoms with Gasteiger partial charge in [-0.2, -0.15) is 0 Å². The van der Waals surface area contributed by atoms with Gasteiger partial charge < -0.3 is 0 Å². The van der Waals surface area contributed by atoms with Gasteiger partial charge in [-0.05, 0) is 0 Å². The molecule has 4 aromatic carbocycles. The zero-order valence-electron chi connectivity index (χ0n) is 14.9. The van der Waals surface area contributed by atoms with Crippen LogP contribution in [0.15, 0.2) is 84.9 Å². The fraction of sp³-hybridized carbons (Fsp3) is 0. The van der Waals surface area contributed by atoms with Gasteiger partial charge in [0, 0.05) is 0 Å². The van der Waals surface area contributed by atoms with Crippen molar-refractivity contribution in [3.63, 3.8) is 0 Å². The molecule has 0 heterocycles. The summed E-state index contributed by atoms with van der Waals surface area (Å²) in [5.41, 5.74) is 0. The molecule has 4 rings (SSSR count). The number of benzene rings is 4. The minimum Gasteiger partial charge on any atom is 4.00 e. The molecule has 0 atom stereocenters. The second-order valence-corrected chi connectivity index (χ2v) is 12.2. The molecule has 0 amide bonds. The van der Waals surface area contributed by atoms with Gasteiger partial charge in [0.15, 0.2) is 0 Å². The maximum atomic E-state index is 11.0. The predicted octanol–water partition coefficient (Wildman–Crippen LogP) is -1.73. The second kappa shape index (κ2) is 10.1. The molecule has 0 saturated carbocycles. The zero-order chi connectivity index (χ0) is 20.4. The smallest absolute Gasteiger partial charge is 4.00 e. The van der Waals surface area contributed by atoms with E-state index in [2.05, 4.69) is 0 Å². The molecule has 29 heavy (non-hydrogen) atoms. The van der Waals surface area contributed by atoms with Crippen LogP contribution in [0.5, 0.6) is 0 Å². The molecule has 4 aromatic rings. The summed E-state index contributed by atoms with van der Waals surface area (Å²) in [6, 6.07) is 23.4. The van der Waals surface area contributed by atoms with E-state index in [-0.39, 0.29) is 48.6 Å². The largest absolute Gasteiger partial charge is 4.00 e. The standard InChI is InChI=1S/2C10H9AsO3.Th/c2*12-11(13,14)10-7-3-5-8-4-1-2-6-9(8)10;/h2*1-7H,(H2,12,13,14);/q;;+4/p-4. The first kappa shape index (κ1) is 24.6. The van der Waals surface area contributed by atoms with Gasteiger partial charge in [0.25, 0.3) is 0 Å². The molecule has 0 radical (unpaired) electrons. The molecule has 0 aliphatic heterocycles. The number of fused-ring (bicyclic) bond motifs is 2. The summed E-state index contributed by atoms with van der Waals surface area (Å²) in [4.78, 5) is 0. The van der Waals surface area contributed by atoms with Gasteiger partial charge in [0.2, 0.25) is 0 Å². The van der Waals surface area contributed by atoms with Crippen LogP contribution >= 0.6 is 0 Å². The van der Waals surface area contributed by atoms with Crippen molar-refractivity contribution in [2.75, 3.05) is 0 Å². The Morgan fingerprint density at radius 1 is 0.483 bits per heavy atom. The Kier molecular flexibility index (Phi) is 8.52. The van der Waals surface area contributed by atoms with Crippen LogP contribution in [-0.4, -0.2) is 28.3 Å². The molecule has 9 heteroatoms. The van der Waals surface area contributed by atoms with Crippen molar-refractivity contribution in [1.82, 2.24) is 0 Å². The third-order valence-corrected chi connectivity index (χ3v) is 8.24. The van der Waals surface area contributed by atoms with Crippen LogP contribution in [0.1, 0.15) is 0 Å². The Balaban J connectivity index is 0.000000200. The molecule has 0 N–H and O–H groups in total. The molecule has 0 unspecified atom stereocenters. The van der Waals surface area contributed by atoms with E-state index < -0.39 is 28.3 Å². The first-order valence-corrected chi connectivity index (χ1v) is 14.7. The molecular weight excluding hydrogens is 718 g/mol. The summed E-state index contributed by atoms with van der Waals surface area (Å²) in [6.07, 6.45) is 0. The quantitative estimate of drug-likeness (QED) is 0.226. The summed E-state index contributed by atoms with van der Waals surface area (Å²) < 4.78 is 65.7. The molecule has 0 fully saturated rings. The average molecular weight is 732 g/mol. The van der Waals surface area contributed by atoms with Crippen molar-refractivity contribution in [1.29, 1.82) is 0 Å². The fourth-order valence-electron chi connectivity index (χ4n) is 2.89. The minimum absolute atomic E-state index is 0. The van der Waals surface area contributed by atoms with Crippen LogP contribution in [0, 0.1) is 39.9 Å². The Morgan fingerprint density at radius 2 is 0.793 bits per heavy atom. The maximum absolute atomic E-state index is 11.0. The van der Waals surface area contributed by atoms with Gasteiger partial charge in [-0.25, -0.2) is 0 Å². The van der Waals surface area contributed by atoms with Crippen molar-refractivity contribution in [3.05, 3.63) is 84.9 Å². The van der Waals surface area contributed by atoms with Crippen molar-refractivity contribution < 1.29 is 63.8 Å².